The Morgan fingerprint density at radius 3 is 3.00 bits per heavy atom. The third-order valence-electron chi connectivity index (χ3n) is 2.13. The van der Waals surface area contributed by atoms with Gasteiger partial charge in [0.1, 0.15) is 0 Å². The van der Waals surface area contributed by atoms with Crippen molar-refractivity contribution in [1.29, 1.82) is 0 Å². The number of aryl methyl sites for hydroxylation is 1. The Labute approximate surface area is 82.3 Å². The lowest BCUT2D eigenvalue weighted by Gasteiger charge is -2.38. The summed E-state index contributed by atoms with van der Waals surface area (Å²) in [6.45, 7) is 6.88. The van der Waals surface area contributed by atoms with Gasteiger partial charge in [-0.25, -0.2) is 4.98 Å². The molecule has 0 unspecified atom stereocenters. The molecule has 0 bridgehead atoms. The zero-order valence-corrected chi connectivity index (χ0v) is 8.80. The molecular formula is C9H14N2OS. The van der Waals surface area contributed by atoms with Crippen LogP contribution in [-0.2, 0) is 4.74 Å². The second kappa shape index (κ2) is 3.64. The van der Waals surface area contributed by atoms with E-state index in [0.29, 0.717) is 6.10 Å². The number of hydrogen-bond acceptors (Lipinski definition) is 4. The summed E-state index contributed by atoms with van der Waals surface area (Å²) in [5, 5.41) is 3.22. The summed E-state index contributed by atoms with van der Waals surface area (Å²) in [4.78, 5) is 6.68. The van der Waals surface area contributed by atoms with E-state index in [9.17, 15) is 0 Å². The van der Waals surface area contributed by atoms with Crippen LogP contribution in [0.1, 0.15) is 12.6 Å². The molecule has 2 heterocycles. The molecule has 0 saturated carbocycles. The molecule has 0 aliphatic carbocycles. The highest BCUT2D eigenvalue weighted by Crippen LogP contribution is 2.25. The number of rotatable bonds is 3. The van der Waals surface area contributed by atoms with E-state index >= 15 is 0 Å². The normalized spacial score (nSPS) is 17.5. The van der Waals surface area contributed by atoms with Gasteiger partial charge in [0.25, 0.3) is 0 Å². The van der Waals surface area contributed by atoms with Crippen LogP contribution in [0.2, 0.25) is 0 Å². The van der Waals surface area contributed by atoms with Crippen LogP contribution in [0.5, 0.6) is 0 Å². The first kappa shape index (κ1) is 8.97. The number of anilines is 1. The van der Waals surface area contributed by atoms with Crippen molar-refractivity contribution in [2.45, 2.75) is 20.0 Å². The molecule has 0 amide bonds. The van der Waals surface area contributed by atoms with Gasteiger partial charge in [0.2, 0.25) is 0 Å². The quantitative estimate of drug-likeness (QED) is 0.739. The molecular weight excluding hydrogens is 184 g/mol. The van der Waals surface area contributed by atoms with Crippen molar-refractivity contribution < 1.29 is 4.74 Å². The Morgan fingerprint density at radius 2 is 2.46 bits per heavy atom. The molecule has 1 aromatic heterocycles. The molecule has 1 saturated heterocycles. The summed E-state index contributed by atoms with van der Waals surface area (Å²) in [7, 11) is 0. The van der Waals surface area contributed by atoms with Crippen molar-refractivity contribution in [3.8, 4) is 0 Å². The van der Waals surface area contributed by atoms with Crippen LogP contribution >= 0.6 is 11.3 Å². The Kier molecular flexibility index (Phi) is 2.51. The Balaban J connectivity index is 1.86. The summed E-state index contributed by atoms with van der Waals surface area (Å²) >= 11 is 1.71. The molecule has 1 aliphatic rings. The average Bonchev–Trinajstić information content (AvgIpc) is 2.43. The van der Waals surface area contributed by atoms with E-state index in [1.807, 2.05) is 13.8 Å². The van der Waals surface area contributed by atoms with Gasteiger partial charge in [0, 0.05) is 25.1 Å². The summed E-state index contributed by atoms with van der Waals surface area (Å²) in [5.74, 6) is 0. The van der Waals surface area contributed by atoms with Gasteiger partial charge in [-0.1, -0.05) is 0 Å². The topological polar surface area (TPSA) is 25.4 Å². The smallest absolute Gasteiger partial charge is 0.185 e. The summed E-state index contributed by atoms with van der Waals surface area (Å²) in [6, 6.07) is 0. The van der Waals surface area contributed by atoms with Crippen molar-refractivity contribution in [2.75, 3.05) is 24.6 Å². The largest absolute Gasteiger partial charge is 0.375 e. The van der Waals surface area contributed by atoms with E-state index in [0.717, 1.165) is 30.5 Å². The molecule has 0 atom stereocenters. The molecule has 3 nitrogen and oxygen atoms in total. The first-order valence-corrected chi connectivity index (χ1v) is 5.46. The van der Waals surface area contributed by atoms with Gasteiger partial charge in [0.05, 0.1) is 11.8 Å². The second-order valence-corrected chi connectivity index (χ2v) is 4.09. The van der Waals surface area contributed by atoms with Crippen LogP contribution in [0, 0.1) is 6.92 Å². The zero-order chi connectivity index (χ0) is 9.26. The molecule has 1 aliphatic heterocycles. The van der Waals surface area contributed by atoms with E-state index in [4.69, 9.17) is 4.74 Å². The molecule has 72 valence electrons. The highest BCUT2D eigenvalue weighted by atomic mass is 32.1. The molecule has 0 spiro atoms. The first-order valence-electron chi connectivity index (χ1n) is 4.58. The maximum Gasteiger partial charge on any atom is 0.185 e. The first-order chi connectivity index (χ1) is 6.29. The minimum absolute atomic E-state index is 0.425. The lowest BCUT2D eigenvalue weighted by molar-refractivity contribution is 0.0430. The zero-order valence-electron chi connectivity index (χ0n) is 7.99. The molecule has 1 fully saturated rings. The monoisotopic (exact) mass is 198 g/mol. The maximum atomic E-state index is 5.47. The summed E-state index contributed by atoms with van der Waals surface area (Å²) in [6.07, 6.45) is 0.425. The van der Waals surface area contributed by atoms with Crippen LogP contribution in [0.3, 0.4) is 0 Å². The fourth-order valence-corrected chi connectivity index (χ4v) is 2.25. The fourth-order valence-electron chi connectivity index (χ4n) is 1.42. The van der Waals surface area contributed by atoms with E-state index in [1.165, 1.54) is 0 Å². The molecule has 13 heavy (non-hydrogen) atoms. The average molecular weight is 198 g/mol. The van der Waals surface area contributed by atoms with Crippen molar-refractivity contribution in [3.05, 3.63) is 11.1 Å². The minimum Gasteiger partial charge on any atom is -0.375 e. The van der Waals surface area contributed by atoms with Gasteiger partial charge in [-0.2, -0.15) is 0 Å². The summed E-state index contributed by atoms with van der Waals surface area (Å²) < 4.78 is 5.47. The SMILES string of the molecule is CCOC1CN(c2nc(C)cs2)C1. The van der Waals surface area contributed by atoms with E-state index in [-0.39, 0.29) is 0 Å². The number of aromatic nitrogens is 1. The predicted molar refractivity (Wildman–Crippen MR) is 54.5 cm³/mol. The van der Waals surface area contributed by atoms with Crippen LogP contribution in [0.4, 0.5) is 5.13 Å². The summed E-state index contributed by atoms with van der Waals surface area (Å²) in [5.41, 5.74) is 1.11. The van der Waals surface area contributed by atoms with Gasteiger partial charge in [-0.05, 0) is 13.8 Å². The minimum atomic E-state index is 0.425. The lowest BCUT2D eigenvalue weighted by Crippen LogP contribution is -2.52. The number of ether oxygens (including phenoxy) is 1. The van der Waals surface area contributed by atoms with E-state index in [2.05, 4.69) is 15.3 Å². The molecule has 0 aromatic carbocycles. The standard InChI is InChI=1S/C9H14N2OS/c1-3-12-8-4-11(5-8)9-10-7(2)6-13-9/h6,8H,3-5H2,1-2H3. The highest BCUT2D eigenvalue weighted by molar-refractivity contribution is 7.13. The van der Waals surface area contributed by atoms with E-state index in [1.54, 1.807) is 11.3 Å². The maximum absolute atomic E-state index is 5.47. The molecule has 2 rings (SSSR count). The Morgan fingerprint density at radius 1 is 1.69 bits per heavy atom. The third-order valence-corrected chi connectivity index (χ3v) is 3.15. The van der Waals surface area contributed by atoms with Crippen molar-refractivity contribution >= 4 is 16.5 Å². The van der Waals surface area contributed by atoms with Crippen molar-refractivity contribution in [1.82, 2.24) is 4.98 Å². The van der Waals surface area contributed by atoms with Gasteiger partial charge in [-0.15, -0.1) is 11.3 Å². The molecule has 1 aromatic rings. The van der Waals surface area contributed by atoms with Crippen LogP contribution < -0.4 is 4.90 Å². The van der Waals surface area contributed by atoms with Gasteiger partial charge in [0.15, 0.2) is 5.13 Å². The number of nitrogens with zero attached hydrogens (tertiary/aromatic N) is 2. The Hall–Kier alpha value is -0.610. The number of hydrogen-bond donors (Lipinski definition) is 0. The predicted octanol–water partition coefficient (Wildman–Crippen LogP) is 1.68. The van der Waals surface area contributed by atoms with Gasteiger partial charge < -0.3 is 9.64 Å². The van der Waals surface area contributed by atoms with Crippen molar-refractivity contribution in [2.24, 2.45) is 0 Å². The highest BCUT2D eigenvalue weighted by Gasteiger charge is 2.28. The van der Waals surface area contributed by atoms with E-state index < -0.39 is 0 Å². The van der Waals surface area contributed by atoms with Crippen molar-refractivity contribution in [3.63, 3.8) is 0 Å². The molecule has 4 heteroatoms. The van der Waals surface area contributed by atoms with Gasteiger partial charge in [-0.3, -0.25) is 0 Å². The third kappa shape index (κ3) is 1.84. The van der Waals surface area contributed by atoms with Crippen LogP contribution in [0.25, 0.3) is 0 Å². The second-order valence-electron chi connectivity index (χ2n) is 3.25. The molecule has 0 radical (unpaired) electrons. The number of thiazole rings is 1. The van der Waals surface area contributed by atoms with Crippen LogP contribution in [0.15, 0.2) is 5.38 Å². The van der Waals surface area contributed by atoms with Crippen LogP contribution in [-0.4, -0.2) is 30.8 Å². The van der Waals surface area contributed by atoms with Gasteiger partial charge >= 0.3 is 0 Å². The lowest BCUT2D eigenvalue weighted by atomic mass is 10.2. The fraction of sp³-hybridized carbons (Fsp3) is 0.667. The molecule has 0 N–H and O–H groups in total. The Bertz CT molecular complexity index is 281.